The third-order valence-electron chi connectivity index (χ3n) is 4.55. The van der Waals surface area contributed by atoms with Crippen LogP contribution in [0.15, 0.2) is 36.4 Å². The smallest absolute Gasteiger partial charge is 0.262 e. The SMILES string of the molecule is NCCCC(NC(=O)c1ccc(Cl)s1)C(=O)Nc1ccc(N2CCOCC2=O)cc1. The Morgan fingerprint density at radius 3 is 2.63 bits per heavy atom. The van der Waals surface area contributed by atoms with Crippen molar-refractivity contribution in [1.29, 1.82) is 0 Å². The number of anilines is 2. The summed E-state index contributed by atoms with van der Waals surface area (Å²) in [6.45, 7) is 1.45. The van der Waals surface area contributed by atoms with Gasteiger partial charge in [-0.25, -0.2) is 0 Å². The van der Waals surface area contributed by atoms with Gasteiger partial charge in [0.1, 0.15) is 12.6 Å². The van der Waals surface area contributed by atoms with E-state index >= 15 is 0 Å². The molecule has 4 N–H and O–H groups in total. The first kappa shape index (κ1) is 22.2. The molecule has 3 amide bonds. The van der Waals surface area contributed by atoms with E-state index in [4.69, 9.17) is 22.1 Å². The molecule has 0 radical (unpaired) electrons. The second kappa shape index (κ2) is 10.5. The van der Waals surface area contributed by atoms with Crippen molar-refractivity contribution in [2.24, 2.45) is 5.73 Å². The molecular weight excluding hydrogens is 428 g/mol. The maximum absolute atomic E-state index is 12.8. The van der Waals surface area contributed by atoms with Crippen LogP contribution in [-0.2, 0) is 14.3 Å². The third kappa shape index (κ3) is 5.79. The van der Waals surface area contributed by atoms with Gasteiger partial charge in [0.25, 0.3) is 11.8 Å². The number of benzene rings is 1. The van der Waals surface area contributed by atoms with Gasteiger partial charge in [-0.1, -0.05) is 11.6 Å². The van der Waals surface area contributed by atoms with Crippen LogP contribution in [0.1, 0.15) is 22.5 Å². The van der Waals surface area contributed by atoms with Crippen LogP contribution in [0.4, 0.5) is 11.4 Å². The van der Waals surface area contributed by atoms with Crippen LogP contribution in [0, 0.1) is 0 Å². The number of ether oxygens (including phenoxy) is 1. The van der Waals surface area contributed by atoms with Crippen LogP contribution < -0.4 is 21.3 Å². The topological polar surface area (TPSA) is 114 Å². The number of carbonyl (C=O) groups excluding carboxylic acids is 3. The zero-order valence-corrected chi connectivity index (χ0v) is 17.8. The second-order valence-corrected chi connectivity index (χ2v) is 8.41. The van der Waals surface area contributed by atoms with Crippen LogP contribution in [-0.4, -0.2) is 50.1 Å². The fourth-order valence-corrected chi connectivity index (χ4v) is 3.95. The Balaban J connectivity index is 1.64. The third-order valence-corrected chi connectivity index (χ3v) is 5.78. The molecule has 8 nitrogen and oxygen atoms in total. The molecule has 1 atom stereocenters. The number of rotatable bonds is 8. The number of halogens is 1. The number of nitrogens with two attached hydrogens (primary N) is 1. The normalized spacial score (nSPS) is 15.0. The summed E-state index contributed by atoms with van der Waals surface area (Å²) >= 11 is 7.03. The maximum atomic E-state index is 12.8. The van der Waals surface area contributed by atoms with Gasteiger partial charge >= 0.3 is 0 Å². The largest absolute Gasteiger partial charge is 0.370 e. The van der Waals surface area contributed by atoms with Gasteiger partial charge in [-0.05, 0) is 55.8 Å². The molecule has 1 fully saturated rings. The first-order valence-electron chi connectivity index (χ1n) is 9.53. The monoisotopic (exact) mass is 450 g/mol. The van der Waals surface area contributed by atoms with Crippen molar-refractivity contribution in [3.8, 4) is 0 Å². The van der Waals surface area contributed by atoms with Gasteiger partial charge in [0.15, 0.2) is 0 Å². The number of hydrogen-bond acceptors (Lipinski definition) is 6. The molecule has 1 aromatic carbocycles. The number of thiophene rings is 1. The summed E-state index contributed by atoms with van der Waals surface area (Å²) in [7, 11) is 0. The summed E-state index contributed by atoms with van der Waals surface area (Å²) < 4.78 is 5.64. The number of morpholine rings is 1. The van der Waals surface area contributed by atoms with Gasteiger partial charge in [-0.15, -0.1) is 11.3 Å². The van der Waals surface area contributed by atoms with Crippen LogP contribution in [0.3, 0.4) is 0 Å². The van der Waals surface area contributed by atoms with Crippen molar-refractivity contribution in [3.63, 3.8) is 0 Å². The van der Waals surface area contributed by atoms with Gasteiger partial charge in [-0.3, -0.25) is 14.4 Å². The molecule has 0 spiro atoms. The number of carbonyl (C=O) groups is 3. The van der Waals surface area contributed by atoms with E-state index < -0.39 is 6.04 Å². The summed E-state index contributed by atoms with van der Waals surface area (Å²) in [6.07, 6.45) is 0.995. The Bertz CT molecular complexity index is 902. The minimum Gasteiger partial charge on any atom is -0.370 e. The van der Waals surface area contributed by atoms with Gasteiger partial charge in [0, 0.05) is 17.9 Å². The molecule has 160 valence electrons. The molecule has 10 heteroatoms. The van der Waals surface area contributed by atoms with Gasteiger partial charge in [-0.2, -0.15) is 0 Å². The summed E-state index contributed by atoms with van der Waals surface area (Å²) in [5.74, 6) is -0.795. The van der Waals surface area contributed by atoms with E-state index in [1.54, 1.807) is 41.3 Å². The molecule has 0 saturated carbocycles. The lowest BCUT2D eigenvalue weighted by atomic mass is 10.1. The van der Waals surface area contributed by atoms with E-state index in [2.05, 4.69) is 10.6 Å². The van der Waals surface area contributed by atoms with Crippen molar-refractivity contribution in [2.45, 2.75) is 18.9 Å². The summed E-state index contributed by atoms with van der Waals surface area (Å²) in [5.41, 5.74) is 6.88. The molecular formula is C20H23ClN4O4S. The second-order valence-electron chi connectivity index (χ2n) is 6.69. The predicted molar refractivity (Wildman–Crippen MR) is 117 cm³/mol. The fourth-order valence-electron chi connectivity index (χ4n) is 3.00. The van der Waals surface area contributed by atoms with Crippen molar-refractivity contribution >= 4 is 52.0 Å². The zero-order valence-electron chi connectivity index (χ0n) is 16.2. The van der Waals surface area contributed by atoms with Gasteiger partial charge < -0.3 is 26.0 Å². The number of nitrogens with one attached hydrogen (secondary N) is 2. The van der Waals surface area contributed by atoms with E-state index in [-0.39, 0.29) is 24.3 Å². The lowest BCUT2D eigenvalue weighted by Crippen LogP contribution is -2.44. The standard InChI is InChI=1S/C20H23ClN4O4S/c21-17-8-7-16(30-17)20(28)24-15(2-1-9-22)19(27)23-13-3-5-14(6-4-13)25-10-11-29-12-18(25)26/h3-8,15H,1-2,9-12,22H2,(H,23,27)(H,24,28). The van der Waals surface area contributed by atoms with Crippen molar-refractivity contribution in [1.82, 2.24) is 5.32 Å². The predicted octanol–water partition coefficient (Wildman–Crippen LogP) is 2.24. The van der Waals surface area contributed by atoms with Gasteiger partial charge in [0.05, 0.1) is 15.8 Å². The lowest BCUT2D eigenvalue weighted by molar-refractivity contribution is -0.125. The Kier molecular flexibility index (Phi) is 7.81. The number of hydrogen-bond donors (Lipinski definition) is 3. The van der Waals surface area contributed by atoms with Crippen LogP contribution in [0.5, 0.6) is 0 Å². The van der Waals surface area contributed by atoms with E-state index in [0.29, 0.717) is 47.4 Å². The zero-order chi connectivity index (χ0) is 21.5. The molecule has 1 aliphatic heterocycles. The molecule has 3 rings (SSSR count). The molecule has 30 heavy (non-hydrogen) atoms. The van der Waals surface area contributed by atoms with E-state index in [1.807, 2.05) is 0 Å². The average Bonchev–Trinajstić information content (AvgIpc) is 3.18. The minimum absolute atomic E-state index is 0.0659. The van der Waals surface area contributed by atoms with Gasteiger partial charge in [0.2, 0.25) is 5.91 Å². The van der Waals surface area contributed by atoms with Crippen LogP contribution in [0.25, 0.3) is 0 Å². The fraction of sp³-hybridized carbons (Fsp3) is 0.350. The highest BCUT2D eigenvalue weighted by Gasteiger charge is 2.23. The van der Waals surface area contributed by atoms with E-state index in [9.17, 15) is 14.4 Å². The van der Waals surface area contributed by atoms with Crippen LogP contribution in [0.2, 0.25) is 4.34 Å². The molecule has 1 unspecified atom stereocenters. The average molecular weight is 451 g/mol. The molecule has 1 saturated heterocycles. The Hall–Kier alpha value is -2.46. The molecule has 1 aromatic heterocycles. The van der Waals surface area contributed by atoms with Crippen molar-refractivity contribution in [2.75, 3.05) is 36.5 Å². The molecule has 2 aromatic rings. The van der Waals surface area contributed by atoms with Crippen molar-refractivity contribution < 1.29 is 19.1 Å². The molecule has 1 aliphatic rings. The van der Waals surface area contributed by atoms with Crippen molar-refractivity contribution in [3.05, 3.63) is 45.6 Å². The van der Waals surface area contributed by atoms with Crippen LogP contribution >= 0.6 is 22.9 Å². The maximum Gasteiger partial charge on any atom is 0.262 e. The first-order valence-corrected chi connectivity index (χ1v) is 10.7. The Morgan fingerprint density at radius 2 is 2.00 bits per heavy atom. The summed E-state index contributed by atoms with van der Waals surface area (Å²) in [5, 5.41) is 5.56. The summed E-state index contributed by atoms with van der Waals surface area (Å²) in [4.78, 5) is 39.2. The van der Waals surface area contributed by atoms with E-state index in [1.165, 1.54) is 0 Å². The number of amides is 3. The summed E-state index contributed by atoms with van der Waals surface area (Å²) in [6, 6.07) is 9.48. The van der Waals surface area contributed by atoms with E-state index in [0.717, 1.165) is 17.0 Å². The highest BCUT2D eigenvalue weighted by Crippen LogP contribution is 2.22. The Labute approximate surface area is 183 Å². The Morgan fingerprint density at radius 1 is 1.23 bits per heavy atom. The molecule has 0 aliphatic carbocycles. The highest BCUT2D eigenvalue weighted by atomic mass is 35.5. The quantitative estimate of drug-likeness (QED) is 0.570. The first-order chi connectivity index (χ1) is 14.5. The number of nitrogens with zero attached hydrogens (tertiary/aromatic N) is 1. The lowest BCUT2D eigenvalue weighted by Gasteiger charge is -2.27. The molecule has 0 bridgehead atoms. The molecule has 2 heterocycles. The minimum atomic E-state index is -0.734. The highest BCUT2D eigenvalue weighted by molar-refractivity contribution is 7.18.